The van der Waals surface area contributed by atoms with Crippen molar-refractivity contribution < 1.29 is 18.0 Å². The van der Waals surface area contributed by atoms with E-state index in [9.17, 15) is 18.0 Å². The van der Waals surface area contributed by atoms with Gasteiger partial charge in [-0.15, -0.1) is 0 Å². The van der Waals surface area contributed by atoms with E-state index in [2.05, 4.69) is 11.9 Å². The molecule has 0 radical (unpaired) electrons. The third-order valence-electron chi connectivity index (χ3n) is 3.08. The van der Waals surface area contributed by atoms with E-state index in [0.29, 0.717) is 18.0 Å². The van der Waals surface area contributed by atoms with Crippen LogP contribution in [0, 0.1) is 5.92 Å². The lowest BCUT2D eigenvalue weighted by atomic mass is 10.0. The fourth-order valence-corrected chi connectivity index (χ4v) is 1.78. The highest BCUT2D eigenvalue weighted by atomic mass is 19.4. The van der Waals surface area contributed by atoms with Gasteiger partial charge in [0.25, 0.3) is 5.91 Å². The van der Waals surface area contributed by atoms with Crippen molar-refractivity contribution in [1.29, 1.82) is 0 Å². The van der Waals surface area contributed by atoms with Crippen LogP contribution in [0.25, 0.3) is 6.08 Å². The Labute approximate surface area is 109 Å². The average Bonchev–Trinajstić information content (AvgIpc) is 3.18. The van der Waals surface area contributed by atoms with Crippen LogP contribution in [-0.4, -0.2) is 12.5 Å². The lowest BCUT2D eigenvalue weighted by Gasteiger charge is -2.13. The average molecular weight is 269 g/mol. The first-order chi connectivity index (χ1) is 8.91. The van der Waals surface area contributed by atoms with Crippen molar-refractivity contribution in [2.45, 2.75) is 19.0 Å². The summed E-state index contributed by atoms with van der Waals surface area (Å²) in [6.07, 6.45) is -1.07. The first-order valence-corrected chi connectivity index (χ1v) is 6.03. The Balaban J connectivity index is 2.27. The SMILES string of the molecule is C=Cc1ccc(C(F)(F)F)c(C(=O)NCC2CC2)c1. The third kappa shape index (κ3) is 3.36. The molecular weight excluding hydrogens is 255 g/mol. The monoisotopic (exact) mass is 269 g/mol. The molecule has 0 aliphatic heterocycles. The molecule has 2 rings (SSSR count). The van der Waals surface area contributed by atoms with E-state index in [1.807, 2.05) is 0 Å². The molecule has 1 aliphatic rings. The molecular formula is C14H14F3NO. The van der Waals surface area contributed by atoms with E-state index in [1.54, 1.807) is 0 Å². The number of carbonyl (C=O) groups excluding carboxylic acids is 1. The third-order valence-corrected chi connectivity index (χ3v) is 3.08. The van der Waals surface area contributed by atoms with Gasteiger partial charge in [-0.1, -0.05) is 18.7 Å². The lowest BCUT2D eigenvalue weighted by molar-refractivity contribution is -0.137. The van der Waals surface area contributed by atoms with Crippen LogP contribution in [0.1, 0.15) is 34.3 Å². The van der Waals surface area contributed by atoms with Gasteiger partial charge in [-0.3, -0.25) is 4.79 Å². The predicted molar refractivity (Wildman–Crippen MR) is 66.6 cm³/mol. The summed E-state index contributed by atoms with van der Waals surface area (Å²) < 4.78 is 38.5. The van der Waals surface area contributed by atoms with E-state index in [4.69, 9.17) is 0 Å². The first kappa shape index (κ1) is 13.6. The summed E-state index contributed by atoms with van der Waals surface area (Å²) in [6, 6.07) is 3.44. The second kappa shape index (κ2) is 5.07. The maximum atomic E-state index is 12.8. The van der Waals surface area contributed by atoms with Crippen molar-refractivity contribution in [3.63, 3.8) is 0 Å². The highest BCUT2D eigenvalue weighted by Crippen LogP contribution is 2.33. The largest absolute Gasteiger partial charge is 0.417 e. The van der Waals surface area contributed by atoms with Crippen LogP contribution >= 0.6 is 0 Å². The minimum absolute atomic E-state index is 0.342. The van der Waals surface area contributed by atoms with Gasteiger partial charge in [0.2, 0.25) is 0 Å². The molecule has 1 aliphatic carbocycles. The molecule has 0 unspecified atom stereocenters. The number of amides is 1. The molecule has 1 N–H and O–H groups in total. The molecule has 5 heteroatoms. The van der Waals surface area contributed by atoms with Gasteiger partial charge in [-0.05, 0) is 36.5 Å². The highest BCUT2D eigenvalue weighted by Gasteiger charge is 2.35. The molecule has 0 heterocycles. The Bertz CT molecular complexity index is 504. The Hall–Kier alpha value is -1.78. The minimum Gasteiger partial charge on any atom is -0.352 e. The minimum atomic E-state index is -4.54. The summed E-state index contributed by atoms with van der Waals surface area (Å²) in [6.45, 7) is 3.93. The Morgan fingerprint density at radius 1 is 1.42 bits per heavy atom. The van der Waals surface area contributed by atoms with Crippen molar-refractivity contribution in [1.82, 2.24) is 5.32 Å². The van der Waals surface area contributed by atoms with Crippen molar-refractivity contribution in [3.8, 4) is 0 Å². The van der Waals surface area contributed by atoms with E-state index in [-0.39, 0.29) is 5.56 Å². The van der Waals surface area contributed by atoms with Gasteiger partial charge in [-0.25, -0.2) is 0 Å². The molecule has 102 valence electrons. The lowest BCUT2D eigenvalue weighted by Crippen LogP contribution is -2.28. The van der Waals surface area contributed by atoms with Gasteiger partial charge >= 0.3 is 6.18 Å². The summed E-state index contributed by atoms with van der Waals surface area (Å²) in [5.74, 6) is -0.260. The molecule has 0 spiro atoms. The van der Waals surface area contributed by atoms with Gasteiger partial charge in [-0.2, -0.15) is 13.2 Å². The van der Waals surface area contributed by atoms with Gasteiger partial charge in [0, 0.05) is 6.54 Å². The molecule has 0 saturated heterocycles. The Kier molecular flexibility index (Phi) is 3.64. The van der Waals surface area contributed by atoms with E-state index in [1.165, 1.54) is 18.2 Å². The topological polar surface area (TPSA) is 29.1 Å². The Morgan fingerprint density at radius 2 is 2.11 bits per heavy atom. The van der Waals surface area contributed by atoms with Crippen LogP contribution < -0.4 is 5.32 Å². The fraction of sp³-hybridized carbons (Fsp3) is 0.357. The van der Waals surface area contributed by atoms with Gasteiger partial charge in [0.05, 0.1) is 11.1 Å². The smallest absolute Gasteiger partial charge is 0.352 e. The normalized spacial score (nSPS) is 15.1. The number of rotatable bonds is 4. The standard InChI is InChI=1S/C14H14F3NO/c1-2-9-5-6-12(14(15,16)17)11(7-9)13(19)18-8-10-3-4-10/h2,5-7,10H,1,3-4,8H2,(H,18,19). The molecule has 1 aromatic rings. The van der Waals surface area contributed by atoms with Crippen LogP contribution in [0.5, 0.6) is 0 Å². The van der Waals surface area contributed by atoms with Crippen molar-refractivity contribution >= 4 is 12.0 Å². The van der Waals surface area contributed by atoms with Crippen molar-refractivity contribution in [2.24, 2.45) is 5.92 Å². The molecule has 0 atom stereocenters. The maximum Gasteiger partial charge on any atom is 0.417 e. The number of alkyl halides is 3. The molecule has 1 saturated carbocycles. The van der Waals surface area contributed by atoms with Crippen LogP contribution in [0.3, 0.4) is 0 Å². The van der Waals surface area contributed by atoms with Gasteiger partial charge < -0.3 is 5.32 Å². The molecule has 2 nitrogen and oxygen atoms in total. The zero-order valence-electron chi connectivity index (χ0n) is 10.3. The van der Waals surface area contributed by atoms with E-state index >= 15 is 0 Å². The number of carbonyl (C=O) groups is 1. The highest BCUT2D eigenvalue weighted by molar-refractivity contribution is 5.96. The number of hydrogen-bond acceptors (Lipinski definition) is 1. The van der Waals surface area contributed by atoms with Crippen LogP contribution in [0.2, 0.25) is 0 Å². The molecule has 1 fully saturated rings. The van der Waals surface area contributed by atoms with Gasteiger partial charge in [0.1, 0.15) is 0 Å². The van der Waals surface area contributed by atoms with Crippen molar-refractivity contribution in [3.05, 3.63) is 41.5 Å². The molecule has 0 bridgehead atoms. The second-order valence-corrected chi connectivity index (χ2v) is 4.66. The number of hydrogen-bond donors (Lipinski definition) is 1. The van der Waals surface area contributed by atoms with Gasteiger partial charge in [0.15, 0.2) is 0 Å². The molecule has 1 amide bonds. The summed E-state index contributed by atoms with van der Waals surface area (Å²) in [5, 5.41) is 2.55. The summed E-state index contributed by atoms with van der Waals surface area (Å²) >= 11 is 0. The predicted octanol–water partition coefficient (Wildman–Crippen LogP) is 3.49. The zero-order chi connectivity index (χ0) is 14.0. The number of benzene rings is 1. The Morgan fingerprint density at radius 3 is 2.63 bits per heavy atom. The quantitative estimate of drug-likeness (QED) is 0.890. The summed E-state index contributed by atoms with van der Waals surface area (Å²) in [7, 11) is 0. The van der Waals surface area contributed by atoms with Crippen LogP contribution in [0.4, 0.5) is 13.2 Å². The molecule has 1 aromatic carbocycles. The molecule has 0 aromatic heterocycles. The fourth-order valence-electron chi connectivity index (χ4n) is 1.78. The van der Waals surface area contributed by atoms with Crippen LogP contribution in [-0.2, 0) is 6.18 Å². The summed E-state index contributed by atoms with van der Waals surface area (Å²) in [4.78, 5) is 11.9. The maximum absolute atomic E-state index is 12.8. The molecule has 19 heavy (non-hydrogen) atoms. The number of nitrogens with one attached hydrogen (secondary N) is 1. The van der Waals surface area contributed by atoms with Crippen LogP contribution in [0.15, 0.2) is 24.8 Å². The van der Waals surface area contributed by atoms with E-state index < -0.39 is 17.6 Å². The second-order valence-electron chi connectivity index (χ2n) is 4.66. The first-order valence-electron chi connectivity index (χ1n) is 6.03. The zero-order valence-corrected chi connectivity index (χ0v) is 10.3. The van der Waals surface area contributed by atoms with Crippen molar-refractivity contribution in [2.75, 3.05) is 6.54 Å². The van der Waals surface area contributed by atoms with E-state index in [0.717, 1.165) is 18.9 Å². The summed E-state index contributed by atoms with van der Waals surface area (Å²) in [5.41, 5.74) is -0.762. The number of halogens is 3.